The van der Waals surface area contributed by atoms with E-state index in [-0.39, 0.29) is 5.91 Å². The summed E-state index contributed by atoms with van der Waals surface area (Å²) < 4.78 is 5.12. The van der Waals surface area contributed by atoms with Gasteiger partial charge in [-0.3, -0.25) is 4.79 Å². The van der Waals surface area contributed by atoms with Gasteiger partial charge in [-0.2, -0.15) is 0 Å². The molecule has 1 heterocycles. The minimum absolute atomic E-state index is 0.258. The molecule has 1 aromatic heterocycles. The molecule has 110 valence electrons. The second-order valence-electron chi connectivity index (χ2n) is 4.26. The van der Waals surface area contributed by atoms with Gasteiger partial charge in [-0.25, -0.2) is 4.98 Å². The molecular formula is C15H16ClN3O2. The van der Waals surface area contributed by atoms with Crippen molar-refractivity contribution in [3.05, 3.63) is 47.1 Å². The molecule has 21 heavy (non-hydrogen) atoms. The number of rotatable bonds is 5. The van der Waals surface area contributed by atoms with Crippen molar-refractivity contribution < 1.29 is 9.53 Å². The molecule has 1 aromatic carbocycles. The van der Waals surface area contributed by atoms with Gasteiger partial charge in [0.1, 0.15) is 11.6 Å². The van der Waals surface area contributed by atoms with Crippen molar-refractivity contribution in [3.8, 4) is 5.75 Å². The van der Waals surface area contributed by atoms with E-state index in [4.69, 9.17) is 16.3 Å². The highest BCUT2D eigenvalue weighted by Gasteiger charge is 2.10. The SMILES string of the molecule is CCNc1cc(C(=O)Nc2cc(OC)ccc2Cl)ccn1. The number of nitrogens with one attached hydrogen (secondary N) is 2. The van der Waals surface area contributed by atoms with Crippen molar-refractivity contribution in [1.82, 2.24) is 4.98 Å². The Bertz CT molecular complexity index is 647. The summed E-state index contributed by atoms with van der Waals surface area (Å²) in [5, 5.41) is 6.27. The van der Waals surface area contributed by atoms with Crippen LogP contribution in [0.25, 0.3) is 0 Å². The molecule has 2 aromatic rings. The zero-order valence-electron chi connectivity index (χ0n) is 11.8. The third-order valence-corrected chi connectivity index (χ3v) is 3.13. The Morgan fingerprint density at radius 3 is 2.86 bits per heavy atom. The Morgan fingerprint density at radius 1 is 1.33 bits per heavy atom. The monoisotopic (exact) mass is 305 g/mol. The predicted molar refractivity (Wildman–Crippen MR) is 84.4 cm³/mol. The topological polar surface area (TPSA) is 63.2 Å². The minimum Gasteiger partial charge on any atom is -0.497 e. The molecule has 0 unspecified atom stereocenters. The largest absolute Gasteiger partial charge is 0.497 e. The summed E-state index contributed by atoms with van der Waals surface area (Å²) in [6, 6.07) is 8.41. The number of hydrogen-bond acceptors (Lipinski definition) is 4. The second kappa shape index (κ2) is 6.95. The molecule has 0 radical (unpaired) electrons. The first-order valence-electron chi connectivity index (χ1n) is 6.49. The van der Waals surface area contributed by atoms with Crippen LogP contribution in [0.4, 0.5) is 11.5 Å². The minimum atomic E-state index is -0.258. The number of amides is 1. The third-order valence-electron chi connectivity index (χ3n) is 2.80. The summed E-state index contributed by atoms with van der Waals surface area (Å²) in [5.41, 5.74) is 1.00. The van der Waals surface area contributed by atoms with Crippen LogP contribution in [0.1, 0.15) is 17.3 Å². The molecule has 0 aliphatic heterocycles. The predicted octanol–water partition coefficient (Wildman–Crippen LogP) is 3.43. The van der Waals surface area contributed by atoms with Crippen molar-refractivity contribution in [2.24, 2.45) is 0 Å². The smallest absolute Gasteiger partial charge is 0.255 e. The number of benzene rings is 1. The molecule has 0 spiro atoms. The first-order valence-corrected chi connectivity index (χ1v) is 6.86. The summed E-state index contributed by atoms with van der Waals surface area (Å²) in [7, 11) is 1.56. The van der Waals surface area contributed by atoms with Gasteiger partial charge >= 0.3 is 0 Å². The second-order valence-corrected chi connectivity index (χ2v) is 4.67. The van der Waals surface area contributed by atoms with Gasteiger partial charge in [0.25, 0.3) is 5.91 Å². The van der Waals surface area contributed by atoms with E-state index < -0.39 is 0 Å². The Kier molecular flexibility index (Phi) is 5.00. The Morgan fingerprint density at radius 2 is 2.14 bits per heavy atom. The van der Waals surface area contributed by atoms with E-state index in [1.807, 2.05) is 6.92 Å². The maximum atomic E-state index is 12.3. The van der Waals surface area contributed by atoms with E-state index in [0.29, 0.717) is 27.8 Å². The molecule has 0 saturated heterocycles. The number of carbonyl (C=O) groups excluding carboxylic acids is 1. The van der Waals surface area contributed by atoms with Crippen LogP contribution in [0.3, 0.4) is 0 Å². The van der Waals surface area contributed by atoms with Gasteiger partial charge in [-0.1, -0.05) is 11.6 Å². The molecule has 0 saturated carbocycles. The van der Waals surface area contributed by atoms with Gasteiger partial charge in [-0.15, -0.1) is 0 Å². The molecule has 6 heteroatoms. The van der Waals surface area contributed by atoms with Crippen LogP contribution < -0.4 is 15.4 Å². The number of pyridine rings is 1. The van der Waals surface area contributed by atoms with Crippen LogP contribution in [0.2, 0.25) is 5.02 Å². The van der Waals surface area contributed by atoms with E-state index in [1.165, 1.54) is 0 Å². The van der Waals surface area contributed by atoms with E-state index in [0.717, 1.165) is 6.54 Å². The van der Waals surface area contributed by atoms with Crippen molar-refractivity contribution in [2.45, 2.75) is 6.92 Å². The fourth-order valence-corrected chi connectivity index (χ4v) is 1.94. The maximum absolute atomic E-state index is 12.3. The van der Waals surface area contributed by atoms with E-state index in [2.05, 4.69) is 15.6 Å². The highest BCUT2D eigenvalue weighted by atomic mass is 35.5. The van der Waals surface area contributed by atoms with Gasteiger partial charge in [0.05, 0.1) is 17.8 Å². The normalized spacial score (nSPS) is 10.0. The average Bonchev–Trinajstić information content (AvgIpc) is 2.50. The average molecular weight is 306 g/mol. The number of ether oxygens (including phenoxy) is 1. The van der Waals surface area contributed by atoms with E-state index in [1.54, 1.807) is 43.6 Å². The Balaban J connectivity index is 2.19. The standard InChI is InChI=1S/C15H16ClN3O2/c1-3-17-14-8-10(6-7-18-14)15(20)19-13-9-11(21-2)4-5-12(13)16/h4-9H,3H2,1-2H3,(H,17,18)(H,19,20). The zero-order valence-corrected chi connectivity index (χ0v) is 12.6. The zero-order chi connectivity index (χ0) is 15.2. The molecule has 5 nitrogen and oxygen atoms in total. The van der Waals surface area contributed by atoms with E-state index >= 15 is 0 Å². The van der Waals surface area contributed by atoms with Gasteiger partial charge in [0.2, 0.25) is 0 Å². The fourth-order valence-electron chi connectivity index (χ4n) is 1.77. The third kappa shape index (κ3) is 3.86. The number of hydrogen-bond donors (Lipinski definition) is 2. The van der Waals surface area contributed by atoms with Crippen molar-refractivity contribution >= 4 is 29.0 Å². The molecule has 1 amide bonds. The lowest BCUT2D eigenvalue weighted by atomic mass is 10.2. The summed E-state index contributed by atoms with van der Waals surface area (Å²) in [6.07, 6.45) is 1.58. The van der Waals surface area contributed by atoms with Crippen molar-refractivity contribution in [1.29, 1.82) is 0 Å². The summed E-state index contributed by atoms with van der Waals surface area (Å²) >= 11 is 6.07. The lowest BCUT2D eigenvalue weighted by molar-refractivity contribution is 0.102. The molecule has 2 N–H and O–H groups in total. The van der Waals surface area contributed by atoms with Crippen LogP contribution >= 0.6 is 11.6 Å². The summed E-state index contributed by atoms with van der Waals surface area (Å²) in [5.74, 6) is 1.02. The summed E-state index contributed by atoms with van der Waals surface area (Å²) in [4.78, 5) is 16.4. The quantitative estimate of drug-likeness (QED) is 0.888. The maximum Gasteiger partial charge on any atom is 0.255 e. The highest BCUT2D eigenvalue weighted by molar-refractivity contribution is 6.34. The summed E-state index contributed by atoms with van der Waals surface area (Å²) in [6.45, 7) is 2.70. The van der Waals surface area contributed by atoms with Crippen LogP contribution in [-0.2, 0) is 0 Å². The van der Waals surface area contributed by atoms with Crippen LogP contribution in [0, 0.1) is 0 Å². The van der Waals surface area contributed by atoms with Crippen LogP contribution in [0.15, 0.2) is 36.5 Å². The molecule has 0 bridgehead atoms. The lowest BCUT2D eigenvalue weighted by Gasteiger charge is -2.10. The molecule has 0 aliphatic carbocycles. The number of aromatic nitrogens is 1. The highest BCUT2D eigenvalue weighted by Crippen LogP contribution is 2.27. The number of methoxy groups -OCH3 is 1. The van der Waals surface area contributed by atoms with Crippen molar-refractivity contribution in [2.75, 3.05) is 24.3 Å². The van der Waals surface area contributed by atoms with Gasteiger partial charge in [0.15, 0.2) is 0 Å². The van der Waals surface area contributed by atoms with Gasteiger partial charge in [0, 0.05) is 24.4 Å². The number of nitrogens with zero attached hydrogens (tertiary/aromatic N) is 1. The van der Waals surface area contributed by atoms with Crippen LogP contribution in [0.5, 0.6) is 5.75 Å². The molecule has 0 aliphatic rings. The molecule has 2 rings (SSSR count). The van der Waals surface area contributed by atoms with Crippen LogP contribution in [-0.4, -0.2) is 24.5 Å². The number of carbonyl (C=O) groups is 1. The first-order chi connectivity index (χ1) is 10.1. The van der Waals surface area contributed by atoms with E-state index in [9.17, 15) is 4.79 Å². The fraction of sp³-hybridized carbons (Fsp3) is 0.200. The Hall–Kier alpha value is -2.27. The number of halogens is 1. The molecule has 0 fully saturated rings. The number of anilines is 2. The van der Waals surface area contributed by atoms with Crippen molar-refractivity contribution in [3.63, 3.8) is 0 Å². The lowest BCUT2D eigenvalue weighted by Crippen LogP contribution is -2.13. The Labute approximate surface area is 128 Å². The molecular weight excluding hydrogens is 290 g/mol. The van der Waals surface area contributed by atoms with Gasteiger partial charge < -0.3 is 15.4 Å². The van der Waals surface area contributed by atoms with Gasteiger partial charge in [-0.05, 0) is 31.2 Å². The first kappa shape index (κ1) is 15.1. The molecule has 0 atom stereocenters.